The molecule has 18 heavy (non-hydrogen) atoms. The third-order valence-electron chi connectivity index (χ3n) is 1.96. The van der Waals surface area contributed by atoms with E-state index >= 15 is 0 Å². The molecule has 2 amide bonds. The van der Waals surface area contributed by atoms with Crippen LogP contribution < -0.4 is 11.1 Å². The van der Waals surface area contributed by atoms with E-state index in [1.54, 1.807) is 13.0 Å². The summed E-state index contributed by atoms with van der Waals surface area (Å²) in [6.45, 7) is 2.09. The number of nitrogens with two attached hydrogens (primary N) is 1. The maximum atomic E-state index is 11.7. The summed E-state index contributed by atoms with van der Waals surface area (Å²) in [5.41, 5.74) is 5.98. The number of hydrogen-bond donors (Lipinski definition) is 2. The number of nitrogens with zero attached hydrogens (tertiary/aromatic N) is 1. The van der Waals surface area contributed by atoms with E-state index in [-0.39, 0.29) is 30.8 Å². The van der Waals surface area contributed by atoms with E-state index in [4.69, 9.17) is 22.1 Å². The number of pyridine rings is 1. The fourth-order valence-electron chi connectivity index (χ4n) is 1.27. The summed E-state index contributed by atoms with van der Waals surface area (Å²) in [6.07, 6.45) is 0. The van der Waals surface area contributed by atoms with Crippen molar-refractivity contribution >= 4 is 23.4 Å². The molecule has 0 saturated heterocycles. The van der Waals surface area contributed by atoms with Gasteiger partial charge in [0, 0.05) is 17.8 Å². The van der Waals surface area contributed by atoms with Gasteiger partial charge >= 0.3 is 0 Å². The van der Waals surface area contributed by atoms with Gasteiger partial charge in [-0.15, -0.1) is 0 Å². The number of halogens is 1. The minimum atomic E-state index is -0.544. The van der Waals surface area contributed by atoms with Gasteiger partial charge in [0.25, 0.3) is 5.91 Å². The zero-order valence-electron chi connectivity index (χ0n) is 9.90. The van der Waals surface area contributed by atoms with E-state index in [2.05, 4.69) is 10.3 Å². The van der Waals surface area contributed by atoms with Gasteiger partial charge in [-0.3, -0.25) is 9.59 Å². The monoisotopic (exact) mass is 271 g/mol. The Hall–Kier alpha value is -1.66. The molecule has 0 bridgehead atoms. The van der Waals surface area contributed by atoms with Crippen LogP contribution in [-0.2, 0) is 9.53 Å². The molecule has 98 valence electrons. The van der Waals surface area contributed by atoms with Crippen LogP contribution in [0.1, 0.15) is 16.1 Å². The number of aromatic nitrogens is 1. The number of aryl methyl sites for hydroxylation is 1. The molecule has 1 rings (SSSR count). The first kappa shape index (κ1) is 14.4. The Morgan fingerprint density at radius 2 is 2.22 bits per heavy atom. The average molecular weight is 272 g/mol. The maximum Gasteiger partial charge on any atom is 0.251 e. The Kier molecular flexibility index (Phi) is 5.54. The standard InChI is InChI=1S/C11H14ClN3O3/c1-7-4-8(5-9(12)15-7)11(17)14-2-3-18-6-10(13)16/h4-5H,2-3,6H2,1H3,(H2,13,16)(H,14,17). The highest BCUT2D eigenvalue weighted by Gasteiger charge is 2.07. The first-order chi connectivity index (χ1) is 8.49. The lowest BCUT2D eigenvalue weighted by Crippen LogP contribution is -2.28. The van der Waals surface area contributed by atoms with Crippen molar-refractivity contribution in [3.05, 3.63) is 28.5 Å². The van der Waals surface area contributed by atoms with Crippen LogP contribution in [0.15, 0.2) is 12.1 Å². The van der Waals surface area contributed by atoms with Crippen LogP contribution in [0.2, 0.25) is 5.15 Å². The lowest BCUT2D eigenvalue weighted by atomic mass is 10.2. The Labute approximate surface area is 109 Å². The van der Waals surface area contributed by atoms with Gasteiger partial charge in [-0.05, 0) is 19.1 Å². The summed E-state index contributed by atoms with van der Waals surface area (Å²) in [6, 6.07) is 3.11. The predicted octanol–water partition coefficient (Wildman–Crippen LogP) is 0.275. The largest absolute Gasteiger partial charge is 0.370 e. The van der Waals surface area contributed by atoms with Crippen molar-refractivity contribution in [2.24, 2.45) is 5.73 Å². The molecule has 1 aromatic rings. The third-order valence-corrected chi connectivity index (χ3v) is 2.15. The van der Waals surface area contributed by atoms with Crippen LogP contribution >= 0.6 is 11.6 Å². The quantitative estimate of drug-likeness (QED) is 0.574. The minimum absolute atomic E-state index is 0.157. The van der Waals surface area contributed by atoms with E-state index in [1.165, 1.54) is 6.07 Å². The molecular weight excluding hydrogens is 258 g/mol. The lowest BCUT2D eigenvalue weighted by Gasteiger charge is -2.06. The van der Waals surface area contributed by atoms with Gasteiger partial charge in [-0.2, -0.15) is 0 Å². The van der Waals surface area contributed by atoms with Crippen molar-refractivity contribution in [3.63, 3.8) is 0 Å². The molecule has 0 aliphatic heterocycles. The topological polar surface area (TPSA) is 94.3 Å². The van der Waals surface area contributed by atoms with Crippen molar-refractivity contribution in [1.29, 1.82) is 0 Å². The van der Waals surface area contributed by atoms with Crippen molar-refractivity contribution in [1.82, 2.24) is 10.3 Å². The lowest BCUT2D eigenvalue weighted by molar-refractivity contribution is -0.122. The second kappa shape index (κ2) is 6.93. The van der Waals surface area contributed by atoms with Gasteiger partial charge < -0.3 is 15.8 Å². The van der Waals surface area contributed by atoms with Gasteiger partial charge in [-0.25, -0.2) is 4.98 Å². The summed E-state index contributed by atoms with van der Waals surface area (Å²) in [5.74, 6) is -0.817. The second-order valence-corrected chi connectivity index (χ2v) is 3.98. The molecule has 0 atom stereocenters. The van der Waals surface area contributed by atoms with E-state index in [0.29, 0.717) is 11.3 Å². The summed E-state index contributed by atoms with van der Waals surface area (Å²) in [5, 5.41) is 2.89. The van der Waals surface area contributed by atoms with E-state index in [9.17, 15) is 9.59 Å². The molecule has 0 saturated carbocycles. The molecule has 0 fully saturated rings. The van der Waals surface area contributed by atoms with Crippen molar-refractivity contribution in [2.45, 2.75) is 6.92 Å². The third kappa shape index (κ3) is 5.11. The maximum absolute atomic E-state index is 11.7. The molecule has 0 spiro atoms. The average Bonchev–Trinajstić information content (AvgIpc) is 2.26. The molecule has 0 aliphatic rings. The fourth-order valence-corrected chi connectivity index (χ4v) is 1.52. The molecule has 6 nitrogen and oxygen atoms in total. The van der Waals surface area contributed by atoms with Crippen LogP contribution in [-0.4, -0.2) is 36.6 Å². The van der Waals surface area contributed by atoms with Crippen LogP contribution in [0.5, 0.6) is 0 Å². The summed E-state index contributed by atoms with van der Waals surface area (Å²) in [4.78, 5) is 26.0. The van der Waals surface area contributed by atoms with Crippen molar-refractivity contribution in [2.75, 3.05) is 19.8 Å². The first-order valence-electron chi connectivity index (χ1n) is 5.27. The number of nitrogens with one attached hydrogen (secondary N) is 1. The normalized spacial score (nSPS) is 10.1. The number of ether oxygens (including phenoxy) is 1. The van der Waals surface area contributed by atoms with Crippen LogP contribution in [0.25, 0.3) is 0 Å². The molecule has 3 N–H and O–H groups in total. The molecule has 1 heterocycles. The molecule has 0 aromatic carbocycles. The Bertz CT molecular complexity index is 431. The zero-order valence-corrected chi connectivity index (χ0v) is 10.7. The Morgan fingerprint density at radius 3 is 2.83 bits per heavy atom. The molecule has 0 aliphatic carbocycles. The highest BCUT2D eigenvalue weighted by Crippen LogP contribution is 2.09. The molecule has 0 radical (unpaired) electrons. The zero-order chi connectivity index (χ0) is 13.5. The van der Waals surface area contributed by atoms with Crippen molar-refractivity contribution < 1.29 is 14.3 Å². The number of carbonyl (C=O) groups is 2. The second-order valence-electron chi connectivity index (χ2n) is 3.59. The summed E-state index contributed by atoms with van der Waals surface area (Å²) < 4.78 is 4.90. The van der Waals surface area contributed by atoms with Gasteiger partial charge in [0.15, 0.2) is 0 Å². The number of carbonyl (C=O) groups excluding carboxylic acids is 2. The SMILES string of the molecule is Cc1cc(C(=O)NCCOCC(N)=O)cc(Cl)n1. The summed E-state index contributed by atoms with van der Waals surface area (Å²) in [7, 11) is 0. The van der Waals surface area contributed by atoms with Crippen molar-refractivity contribution in [3.8, 4) is 0 Å². The molecule has 7 heteroatoms. The van der Waals surface area contributed by atoms with Crippen LogP contribution in [0.3, 0.4) is 0 Å². The van der Waals surface area contributed by atoms with Crippen LogP contribution in [0, 0.1) is 6.92 Å². The van der Waals surface area contributed by atoms with Gasteiger partial charge in [0.1, 0.15) is 11.8 Å². The smallest absolute Gasteiger partial charge is 0.251 e. The predicted molar refractivity (Wildman–Crippen MR) is 66.3 cm³/mol. The molecule has 0 unspecified atom stereocenters. The first-order valence-corrected chi connectivity index (χ1v) is 5.65. The Balaban J connectivity index is 2.38. The van der Waals surface area contributed by atoms with Gasteiger partial charge in [0.05, 0.1) is 6.61 Å². The number of hydrogen-bond acceptors (Lipinski definition) is 4. The minimum Gasteiger partial charge on any atom is -0.370 e. The van der Waals surface area contributed by atoms with Gasteiger partial charge in [-0.1, -0.05) is 11.6 Å². The Morgan fingerprint density at radius 1 is 1.50 bits per heavy atom. The molecular formula is C11H14ClN3O3. The number of amides is 2. The van der Waals surface area contributed by atoms with Gasteiger partial charge in [0.2, 0.25) is 5.91 Å². The van der Waals surface area contributed by atoms with E-state index in [0.717, 1.165) is 0 Å². The highest BCUT2D eigenvalue weighted by atomic mass is 35.5. The van der Waals surface area contributed by atoms with Crippen LogP contribution in [0.4, 0.5) is 0 Å². The van der Waals surface area contributed by atoms with E-state index < -0.39 is 5.91 Å². The summed E-state index contributed by atoms with van der Waals surface area (Å²) >= 11 is 5.75. The number of rotatable bonds is 6. The van der Waals surface area contributed by atoms with E-state index in [1.807, 2.05) is 0 Å². The highest BCUT2D eigenvalue weighted by molar-refractivity contribution is 6.29. The molecule has 1 aromatic heterocycles. The fraction of sp³-hybridized carbons (Fsp3) is 0.364. The number of primary amides is 1.